The average Bonchev–Trinajstić information content (AvgIpc) is 3.82. The molecule has 274 valence electrons. The molecule has 1 aliphatic carbocycles. The summed E-state index contributed by atoms with van der Waals surface area (Å²) < 4.78 is 13.0. The normalized spacial score (nSPS) is 16.7. The summed E-state index contributed by atoms with van der Waals surface area (Å²) in [6, 6.07) is 67.7. The van der Waals surface area contributed by atoms with Gasteiger partial charge in [-0.2, -0.15) is 0 Å². The summed E-state index contributed by atoms with van der Waals surface area (Å²) in [6.45, 7) is 2.32. The van der Waals surface area contributed by atoms with Crippen LogP contribution in [-0.2, 0) is 5.41 Å². The number of fused-ring (bicyclic) bond motifs is 11. The fourth-order valence-electron chi connectivity index (χ4n) is 9.58. The Balaban J connectivity index is 0.973. The molecule has 0 spiro atoms. The molecule has 0 saturated heterocycles. The summed E-state index contributed by atoms with van der Waals surface area (Å²) in [5, 5.41) is 7.33. The quantitative estimate of drug-likeness (QED) is 0.164. The van der Waals surface area contributed by atoms with Crippen LogP contribution >= 0.6 is 0 Å². The van der Waals surface area contributed by atoms with E-state index in [1.807, 2.05) is 12.1 Å². The van der Waals surface area contributed by atoms with E-state index in [2.05, 4.69) is 200 Å². The molecule has 12 rings (SSSR count). The van der Waals surface area contributed by atoms with Gasteiger partial charge in [0.25, 0.3) is 0 Å². The standard InChI is InChI=1S/C55H37NO2/c1-55-32-31-38-10-3-5-12-46(38)54(55)58-52-16-8-14-49(53(52)55)56(43-27-21-36(22-28-43)40-24-30-51-48(34-40)47-13-6-7-15-50(47)57-51)42-25-19-35(20-26-42)39-23-29-45-41(33-39)18-17-37-9-2-4-11-44(37)45/h2-34,54H,1H3. The van der Waals surface area contributed by atoms with Crippen molar-refractivity contribution in [1.29, 1.82) is 0 Å². The van der Waals surface area contributed by atoms with Gasteiger partial charge in [-0.25, -0.2) is 0 Å². The van der Waals surface area contributed by atoms with Crippen molar-refractivity contribution in [2.45, 2.75) is 18.4 Å². The van der Waals surface area contributed by atoms with E-state index in [0.717, 1.165) is 55.9 Å². The van der Waals surface area contributed by atoms with E-state index in [9.17, 15) is 0 Å². The Labute approximate surface area is 336 Å². The molecule has 0 saturated carbocycles. The zero-order valence-corrected chi connectivity index (χ0v) is 31.9. The van der Waals surface area contributed by atoms with Crippen molar-refractivity contribution in [3.8, 4) is 28.0 Å². The summed E-state index contributed by atoms with van der Waals surface area (Å²) in [5.74, 6) is 0.925. The molecule has 1 aliphatic heterocycles. The van der Waals surface area contributed by atoms with Crippen LogP contribution in [0.15, 0.2) is 199 Å². The molecule has 0 radical (unpaired) electrons. The van der Waals surface area contributed by atoms with Gasteiger partial charge in [0.2, 0.25) is 0 Å². The molecular formula is C55H37NO2. The van der Waals surface area contributed by atoms with Gasteiger partial charge in [-0.1, -0.05) is 140 Å². The van der Waals surface area contributed by atoms with Gasteiger partial charge in [0.15, 0.2) is 0 Å². The highest BCUT2D eigenvalue weighted by atomic mass is 16.5. The Morgan fingerprint density at radius 3 is 1.95 bits per heavy atom. The van der Waals surface area contributed by atoms with Crippen LogP contribution in [0, 0.1) is 0 Å². The third-order valence-corrected chi connectivity index (χ3v) is 12.5. The molecule has 0 bridgehead atoms. The van der Waals surface area contributed by atoms with Crippen LogP contribution in [0.5, 0.6) is 5.75 Å². The van der Waals surface area contributed by atoms with Crippen molar-refractivity contribution in [2.24, 2.45) is 0 Å². The maximum atomic E-state index is 6.89. The highest BCUT2D eigenvalue weighted by Gasteiger charge is 2.49. The predicted octanol–water partition coefficient (Wildman–Crippen LogP) is 15.1. The Bertz CT molecular complexity index is 3280. The molecule has 3 heteroatoms. The molecule has 10 aromatic rings. The molecule has 0 N–H and O–H groups in total. The first-order valence-corrected chi connectivity index (χ1v) is 20.0. The van der Waals surface area contributed by atoms with Crippen LogP contribution in [-0.4, -0.2) is 0 Å². The molecule has 9 aromatic carbocycles. The summed E-state index contributed by atoms with van der Waals surface area (Å²) in [5.41, 5.74) is 13.0. The van der Waals surface area contributed by atoms with Crippen LogP contribution in [0.4, 0.5) is 17.1 Å². The van der Waals surface area contributed by atoms with Crippen molar-refractivity contribution in [3.63, 3.8) is 0 Å². The molecular weight excluding hydrogens is 707 g/mol. The number of para-hydroxylation sites is 1. The fourth-order valence-corrected chi connectivity index (χ4v) is 9.58. The van der Waals surface area contributed by atoms with E-state index in [0.29, 0.717) is 0 Å². The van der Waals surface area contributed by atoms with Crippen molar-refractivity contribution in [2.75, 3.05) is 4.90 Å². The Morgan fingerprint density at radius 2 is 1.12 bits per heavy atom. The van der Waals surface area contributed by atoms with Gasteiger partial charge in [0.05, 0.1) is 11.1 Å². The number of nitrogens with zero attached hydrogens (tertiary/aromatic N) is 1. The minimum absolute atomic E-state index is 0.115. The van der Waals surface area contributed by atoms with E-state index >= 15 is 0 Å². The first-order chi connectivity index (χ1) is 28.6. The zero-order valence-electron chi connectivity index (χ0n) is 31.9. The summed E-state index contributed by atoms with van der Waals surface area (Å²) in [7, 11) is 0. The smallest absolute Gasteiger partial charge is 0.137 e. The zero-order chi connectivity index (χ0) is 38.4. The molecule has 0 fully saturated rings. The topological polar surface area (TPSA) is 25.6 Å². The lowest BCUT2D eigenvalue weighted by Crippen LogP contribution is -2.30. The highest BCUT2D eigenvalue weighted by Crippen LogP contribution is 2.58. The molecule has 2 heterocycles. The van der Waals surface area contributed by atoms with Crippen molar-refractivity contribution >= 4 is 66.6 Å². The SMILES string of the molecule is CC12C=Cc3ccccc3C1Oc1cccc(N(c3ccc(-c4ccc5c(ccc6ccccc65)c4)cc3)c3ccc(-c4ccc5oc6ccccc6c5c4)cc3)c12. The largest absolute Gasteiger partial charge is 0.484 e. The first kappa shape index (κ1) is 32.8. The number of hydrogen-bond donors (Lipinski definition) is 0. The van der Waals surface area contributed by atoms with Gasteiger partial charge in [0.1, 0.15) is 23.0 Å². The average molecular weight is 744 g/mol. The van der Waals surface area contributed by atoms with Crippen molar-refractivity contribution < 1.29 is 9.15 Å². The molecule has 2 aliphatic rings. The van der Waals surface area contributed by atoms with Crippen LogP contribution in [0.25, 0.3) is 71.8 Å². The second-order valence-corrected chi connectivity index (χ2v) is 15.9. The van der Waals surface area contributed by atoms with Gasteiger partial charge in [-0.15, -0.1) is 0 Å². The third-order valence-electron chi connectivity index (χ3n) is 12.5. The Kier molecular flexibility index (Phi) is 7.12. The summed E-state index contributed by atoms with van der Waals surface area (Å²) in [4.78, 5) is 2.40. The van der Waals surface area contributed by atoms with Crippen LogP contribution in [0.1, 0.15) is 29.7 Å². The maximum Gasteiger partial charge on any atom is 0.137 e. The molecule has 3 nitrogen and oxygen atoms in total. The maximum absolute atomic E-state index is 6.89. The minimum Gasteiger partial charge on any atom is -0.484 e. The van der Waals surface area contributed by atoms with E-state index in [1.54, 1.807) is 0 Å². The van der Waals surface area contributed by atoms with E-state index in [4.69, 9.17) is 9.15 Å². The molecule has 2 unspecified atom stereocenters. The second-order valence-electron chi connectivity index (χ2n) is 15.9. The van der Waals surface area contributed by atoms with E-state index in [-0.39, 0.29) is 11.5 Å². The van der Waals surface area contributed by atoms with E-state index < -0.39 is 0 Å². The highest BCUT2D eigenvalue weighted by molar-refractivity contribution is 6.09. The van der Waals surface area contributed by atoms with Crippen molar-refractivity contribution in [1.82, 2.24) is 0 Å². The van der Waals surface area contributed by atoms with Crippen LogP contribution in [0.2, 0.25) is 0 Å². The van der Waals surface area contributed by atoms with Crippen molar-refractivity contribution in [3.05, 3.63) is 211 Å². The first-order valence-electron chi connectivity index (χ1n) is 20.0. The molecule has 2 atom stereocenters. The van der Waals surface area contributed by atoms with Gasteiger partial charge >= 0.3 is 0 Å². The molecule has 58 heavy (non-hydrogen) atoms. The number of furan rings is 1. The summed E-state index contributed by atoms with van der Waals surface area (Å²) in [6.07, 6.45) is 4.50. The molecule has 0 amide bonds. The lowest BCUT2D eigenvalue weighted by atomic mass is 9.71. The van der Waals surface area contributed by atoms with Gasteiger partial charge in [0, 0.05) is 33.3 Å². The summed E-state index contributed by atoms with van der Waals surface area (Å²) >= 11 is 0. The van der Waals surface area contributed by atoms with E-state index in [1.165, 1.54) is 49.4 Å². The lowest BCUT2D eigenvalue weighted by molar-refractivity contribution is 0.182. The van der Waals surface area contributed by atoms with Crippen LogP contribution in [0.3, 0.4) is 0 Å². The third kappa shape index (κ3) is 5.00. The van der Waals surface area contributed by atoms with Crippen LogP contribution < -0.4 is 9.64 Å². The minimum atomic E-state index is -0.365. The Morgan fingerprint density at radius 1 is 0.483 bits per heavy atom. The number of rotatable bonds is 5. The van der Waals surface area contributed by atoms with Gasteiger partial charge < -0.3 is 14.1 Å². The van der Waals surface area contributed by atoms with Gasteiger partial charge in [-0.3, -0.25) is 0 Å². The number of anilines is 3. The number of benzene rings is 9. The predicted molar refractivity (Wildman–Crippen MR) is 240 cm³/mol. The second kappa shape index (κ2) is 12.6. The number of hydrogen-bond acceptors (Lipinski definition) is 3. The number of ether oxygens (including phenoxy) is 1. The van der Waals surface area contributed by atoms with Gasteiger partial charge in [-0.05, 0) is 117 Å². The monoisotopic (exact) mass is 743 g/mol. The Hall–Kier alpha value is -7.36. The molecule has 1 aromatic heterocycles. The lowest BCUT2D eigenvalue weighted by Gasteiger charge is -2.35. The fraction of sp³-hybridized carbons (Fsp3) is 0.0545.